The van der Waals surface area contributed by atoms with Gasteiger partial charge in [-0.05, 0) is 60.9 Å². The minimum atomic E-state index is -0.433. The lowest BCUT2D eigenvalue weighted by molar-refractivity contribution is -0.114. The van der Waals surface area contributed by atoms with Crippen LogP contribution in [0.4, 0.5) is 0 Å². The summed E-state index contributed by atoms with van der Waals surface area (Å²) in [6, 6.07) is 24.4. The Morgan fingerprint density at radius 2 is 1.69 bits per heavy atom. The molecule has 6 rings (SSSR count). The number of hydrogen-bond acceptors (Lipinski definition) is 5. The molecule has 0 saturated carbocycles. The summed E-state index contributed by atoms with van der Waals surface area (Å²) in [5.41, 5.74) is 6.59. The van der Waals surface area contributed by atoms with Gasteiger partial charge in [0.2, 0.25) is 5.17 Å². The molecular weight excluding hydrogens is 542 g/mol. The zero-order valence-corrected chi connectivity index (χ0v) is 25.2. The molecule has 0 unspecified atom stereocenters. The average molecular weight is 576 g/mol. The minimum absolute atomic E-state index is 0.0258. The van der Waals surface area contributed by atoms with Crippen LogP contribution in [0.25, 0.3) is 17.0 Å². The van der Waals surface area contributed by atoms with Crippen molar-refractivity contribution in [3.63, 3.8) is 0 Å². The molecule has 2 aliphatic heterocycles. The van der Waals surface area contributed by atoms with E-state index in [0.717, 1.165) is 39.0 Å². The van der Waals surface area contributed by atoms with Gasteiger partial charge in [0.1, 0.15) is 17.4 Å². The Balaban J connectivity index is 1.27. The summed E-state index contributed by atoms with van der Waals surface area (Å²) in [6.45, 7) is 11.8. The highest BCUT2D eigenvalue weighted by Gasteiger charge is 2.36. The van der Waals surface area contributed by atoms with Crippen molar-refractivity contribution in [3.8, 4) is 5.75 Å². The highest BCUT2D eigenvalue weighted by atomic mass is 32.2. The van der Waals surface area contributed by atoms with Crippen molar-refractivity contribution in [3.05, 3.63) is 106 Å². The summed E-state index contributed by atoms with van der Waals surface area (Å²) < 4.78 is 8.31. The van der Waals surface area contributed by atoms with Gasteiger partial charge in [-0.15, -0.1) is 0 Å². The van der Waals surface area contributed by atoms with Crippen molar-refractivity contribution in [1.82, 2.24) is 9.58 Å². The number of thioether (sulfide) groups is 1. The van der Waals surface area contributed by atoms with Gasteiger partial charge in [-0.2, -0.15) is 15.1 Å². The van der Waals surface area contributed by atoms with Crippen molar-refractivity contribution >= 4 is 50.7 Å². The van der Waals surface area contributed by atoms with E-state index in [2.05, 4.69) is 53.6 Å². The van der Waals surface area contributed by atoms with Crippen LogP contribution in [0.5, 0.6) is 5.75 Å². The summed E-state index contributed by atoms with van der Waals surface area (Å²) in [5.74, 6) is 0.429. The Morgan fingerprint density at radius 1 is 0.976 bits per heavy atom. The van der Waals surface area contributed by atoms with Crippen LogP contribution in [0.15, 0.2) is 88.5 Å². The standard InChI is InChI=1S/C34H33N5O2S/c1-21-10-12-23(13-11-21)32-37-39-30(35)28(31(40)36-33(39)42-32)20-27-22(2)38(29-9-7-6-8-26(27)29)18-19-41-25-16-14-24(15-17-25)34(3,4)5/h6-17,20,35H,18-19H2,1-5H3/b28-20-,35-30?. The van der Waals surface area contributed by atoms with E-state index < -0.39 is 5.91 Å². The third-order valence-electron chi connectivity index (χ3n) is 7.63. The fraction of sp³-hybridized carbons (Fsp3) is 0.235. The first-order chi connectivity index (χ1) is 20.1. The van der Waals surface area contributed by atoms with Crippen molar-refractivity contribution in [2.75, 3.05) is 6.61 Å². The molecule has 1 amide bonds. The molecule has 212 valence electrons. The molecule has 0 radical (unpaired) electrons. The van der Waals surface area contributed by atoms with Crippen LogP contribution in [0.1, 0.15) is 48.7 Å². The number of aliphatic imine (C=N–C) groups is 1. The average Bonchev–Trinajstić information content (AvgIpc) is 3.50. The zero-order chi connectivity index (χ0) is 29.6. The number of carbonyl (C=O) groups excluding carboxylic acids is 1. The predicted octanol–water partition coefficient (Wildman–Crippen LogP) is 7.30. The molecule has 1 aromatic heterocycles. The molecule has 0 atom stereocenters. The van der Waals surface area contributed by atoms with Crippen molar-refractivity contribution < 1.29 is 9.53 Å². The molecule has 0 spiro atoms. The first-order valence-electron chi connectivity index (χ1n) is 14.0. The van der Waals surface area contributed by atoms with Gasteiger partial charge in [-0.25, -0.2) is 0 Å². The molecule has 0 saturated heterocycles. The second kappa shape index (κ2) is 10.8. The predicted molar refractivity (Wildman–Crippen MR) is 173 cm³/mol. The number of aromatic nitrogens is 1. The van der Waals surface area contributed by atoms with Gasteiger partial charge in [0, 0.05) is 27.7 Å². The first-order valence-corrected chi connectivity index (χ1v) is 14.8. The van der Waals surface area contributed by atoms with Gasteiger partial charge in [-0.1, -0.05) is 80.9 Å². The fourth-order valence-electron chi connectivity index (χ4n) is 5.18. The molecule has 3 heterocycles. The first kappa shape index (κ1) is 27.7. The Bertz CT molecular complexity index is 1810. The van der Waals surface area contributed by atoms with E-state index in [0.29, 0.717) is 23.4 Å². The molecule has 0 aliphatic carbocycles. The number of fused-ring (bicyclic) bond motifs is 2. The van der Waals surface area contributed by atoms with Crippen LogP contribution < -0.4 is 4.74 Å². The largest absolute Gasteiger partial charge is 0.492 e. The summed E-state index contributed by atoms with van der Waals surface area (Å²) in [5, 5.41) is 17.1. The van der Waals surface area contributed by atoms with Gasteiger partial charge in [0.05, 0.1) is 12.1 Å². The molecule has 0 bridgehead atoms. The number of hydrogen-bond donors (Lipinski definition) is 1. The van der Waals surface area contributed by atoms with Crippen molar-refractivity contribution in [1.29, 1.82) is 5.41 Å². The molecule has 8 heteroatoms. The monoisotopic (exact) mass is 575 g/mol. The van der Waals surface area contributed by atoms with E-state index in [4.69, 9.17) is 10.1 Å². The van der Waals surface area contributed by atoms with Crippen LogP contribution in [0.3, 0.4) is 0 Å². The Hall–Kier alpha value is -4.43. The molecule has 0 fully saturated rings. The Labute approximate surface area is 250 Å². The van der Waals surface area contributed by atoms with Crippen molar-refractivity contribution in [2.45, 2.75) is 46.6 Å². The quantitative estimate of drug-likeness (QED) is 0.245. The summed E-state index contributed by atoms with van der Waals surface area (Å²) in [4.78, 5) is 17.5. The molecule has 4 aromatic rings. The lowest BCUT2D eigenvalue weighted by Gasteiger charge is -2.20. The topological polar surface area (TPSA) is 83.0 Å². The number of amides is 1. The number of nitrogens with zero attached hydrogens (tertiary/aromatic N) is 4. The van der Waals surface area contributed by atoms with Gasteiger partial charge >= 0.3 is 0 Å². The molecule has 42 heavy (non-hydrogen) atoms. The number of benzene rings is 3. The third kappa shape index (κ3) is 5.18. The van der Waals surface area contributed by atoms with Crippen molar-refractivity contribution in [2.24, 2.45) is 10.1 Å². The lowest BCUT2D eigenvalue weighted by Crippen LogP contribution is -2.35. The fourth-order valence-corrected chi connectivity index (χ4v) is 6.08. The summed E-state index contributed by atoms with van der Waals surface area (Å²) in [6.07, 6.45) is 1.79. The highest BCUT2D eigenvalue weighted by molar-refractivity contribution is 8.27. The van der Waals surface area contributed by atoms with E-state index in [1.165, 1.54) is 22.3 Å². The highest BCUT2D eigenvalue weighted by Crippen LogP contribution is 2.33. The lowest BCUT2D eigenvalue weighted by atomic mass is 9.87. The maximum absolute atomic E-state index is 13.2. The second-order valence-corrected chi connectivity index (χ2v) is 12.5. The van der Waals surface area contributed by atoms with Crippen LogP contribution in [-0.4, -0.2) is 38.1 Å². The number of amidine groups is 2. The number of para-hydroxylation sites is 1. The van der Waals surface area contributed by atoms with Crippen LogP contribution >= 0.6 is 11.8 Å². The normalized spacial score (nSPS) is 16.2. The Kier molecular flexibility index (Phi) is 7.10. The second-order valence-electron chi connectivity index (χ2n) is 11.6. The third-order valence-corrected chi connectivity index (χ3v) is 8.58. The van der Waals surface area contributed by atoms with Crippen LogP contribution in [-0.2, 0) is 16.8 Å². The van der Waals surface area contributed by atoms with Gasteiger partial charge < -0.3 is 9.30 Å². The van der Waals surface area contributed by atoms with Gasteiger partial charge in [0.25, 0.3) is 5.91 Å². The number of nitrogens with one attached hydrogen (secondary N) is 1. The summed E-state index contributed by atoms with van der Waals surface area (Å²) in [7, 11) is 0. The number of ether oxygens (including phenoxy) is 1. The molecule has 3 aromatic carbocycles. The number of rotatable bonds is 6. The van der Waals surface area contributed by atoms with E-state index >= 15 is 0 Å². The molecule has 1 N–H and O–H groups in total. The minimum Gasteiger partial charge on any atom is -0.492 e. The van der Waals surface area contributed by atoms with Crippen LogP contribution in [0.2, 0.25) is 0 Å². The van der Waals surface area contributed by atoms with E-state index in [-0.39, 0.29) is 16.8 Å². The molecule has 7 nitrogen and oxygen atoms in total. The maximum Gasteiger partial charge on any atom is 0.283 e. The summed E-state index contributed by atoms with van der Waals surface area (Å²) >= 11 is 1.31. The van der Waals surface area contributed by atoms with Gasteiger partial charge in [0.15, 0.2) is 5.84 Å². The van der Waals surface area contributed by atoms with Crippen LogP contribution in [0, 0.1) is 19.3 Å². The van der Waals surface area contributed by atoms with E-state index in [9.17, 15) is 4.79 Å². The number of carbonyl (C=O) groups is 1. The molecular formula is C34H33N5O2S. The SMILES string of the molecule is Cc1ccc(C2=NN3C(=N)/C(=C/c4c(C)n(CCOc5ccc(C(C)(C)C)cc5)c5ccccc45)C(=O)N=C3S2)cc1. The number of hydrazone groups is 1. The van der Waals surface area contributed by atoms with E-state index in [1.54, 1.807) is 6.08 Å². The van der Waals surface area contributed by atoms with Gasteiger partial charge in [-0.3, -0.25) is 10.2 Å². The Morgan fingerprint density at radius 3 is 2.40 bits per heavy atom. The maximum atomic E-state index is 13.2. The van der Waals surface area contributed by atoms with E-state index in [1.807, 2.05) is 68.4 Å². The molecule has 2 aliphatic rings. The zero-order valence-electron chi connectivity index (χ0n) is 24.4. The smallest absolute Gasteiger partial charge is 0.283 e. The number of aryl methyl sites for hydroxylation is 1.